The Labute approximate surface area is 134 Å². The highest BCUT2D eigenvalue weighted by molar-refractivity contribution is 9.10. The molecule has 1 heterocycles. The topological polar surface area (TPSA) is 38.1 Å². The van der Waals surface area contributed by atoms with E-state index in [1.807, 2.05) is 24.3 Å². The monoisotopic (exact) mass is 348 g/mol. The maximum atomic E-state index is 5.59. The third-order valence-electron chi connectivity index (χ3n) is 4.30. The molecule has 1 aliphatic rings. The van der Waals surface area contributed by atoms with Crippen molar-refractivity contribution in [1.29, 1.82) is 0 Å². The van der Waals surface area contributed by atoms with Crippen LogP contribution in [0, 0.1) is 5.92 Å². The lowest BCUT2D eigenvalue weighted by molar-refractivity contribution is 0.278. The third-order valence-corrected chi connectivity index (χ3v) is 4.83. The molecule has 1 aromatic carbocycles. The minimum atomic E-state index is 0.617. The van der Waals surface area contributed by atoms with Crippen LogP contribution >= 0.6 is 15.9 Å². The Hall–Kier alpha value is -1.13. The van der Waals surface area contributed by atoms with Gasteiger partial charge in [0.05, 0.1) is 5.69 Å². The molecule has 4 heteroatoms. The van der Waals surface area contributed by atoms with Crippen LogP contribution in [0.25, 0.3) is 11.5 Å². The van der Waals surface area contributed by atoms with E-state index in [1.165, 1.54) is 25.7 Å². The predicted octanol–water partition coefficient (Wildman–Crippen LogP) is 4.77. The van der Waals surface area contributed by atoms with E-state index < -0.39 is 0 Å². The highest BCUT2D eigenvalue weighted by atomic mass is 79.9. The zero-order valence-electron chi connectivity index (χ0n) is 12.3. The van der Waals surface area contributed by atoms with E-state index in [2.05, 4.69) is 33.2 Å². The summed E-state index contributed by atoms with van der Waals surface area (Å²) in [5.74, 6) is 1.45. The molecule has 1 aromatic heterocycles. The van der Waals surface area contributed by atoms with Crippen LogP contribution in [0.1, 0.15) is 38.3 Å². The summed E-state index contributed by atoms with van der Waals surface area (Å²) in [6.07, 6.45) is 7.08. The van der Waals surface area contributed by atoms with Crippen LogP contribution < -0.4 is 5.32 Å². The summed E-state index contributed by atoms with van der Waals surface area (Å²) >= 11 is 3.44. The van der Waals surface area contributed by atoms with Crippen molar-refractivity contribution < 1.29 is 4.42 Å². The molecule has 3 rings (SSSR count). The van der Waals surface area contributed by atoms with Crippen molar-refractivity contribution >= 4 is 15.9 Å². The fourth-order valence-electron chi connectivity index (χ4n) is 2.97. The van der Waals surface area contributed by atoms with Crippen molar-refractivity contribution in [2.24, 2.45) is 5.92 Å². The van der Waals surface area contributed by atoms with Crippen LogP contribution in [0.5, 0.6) is 0 Å². The van der Waals surface area contributed by atoms with Gasteiger partial charge in [-0.15, -0.1) is 0 Å². The van der Waals surface area contributed by atoms with Gasteiger partial charge in [-0.1, -0.05) is 35.7 Å². The number of hydrogen-bond donors (Lipinski definition) is 1. The predicted molar refractivity (Wildman–Crippen MR) is 87.9 cm³/mol. The second-order valence-corrected chi connectivity index (χ2v) is 6.82. The molecule has 21 heavy (non-hydrogen) atoms. The smallest absolute Gasteiger partial charge is 0.226 e. The molecule has 0 aliphatic heterocycles. The maximum Gasteiger partial charge on any atom is 0.226 e. The second kappa shape index (κ2) is 6.75. The van der Waals surface area contributed by atoms with E-state index in [0.29, 0.717) is 11.9 Å². The van der Waals surface area contributed by atoms with Crippen molar-refractivity contribution in [3.8, 4) is 11.5 Å². The molecule has 0 radical (unpaired) electrons. The normalized spacial score (nSPS) is 22.4. The van der Waals surface area contributed by atoms with Gasteiger partial charge in [-0.05, 0) is 43.0 Å². The van der Waals surface area contributed by atoms with Crippen LogP contribution in [0.3, 0.4) is 0 Å². The van der Waals surface area contributed by atoms with Gasteiger partial charge in [-0.2, -0.15) is 0 Å². The summed E-state index contributed by atoms with van der Waals surface area (Å²) < 4.78 is 6.65. The lowest BCUT2D eigenvalue weighted by Crippen LogP contribution is -2.36. The lowest BCUT2D eigenvalue weighted by atomic mass is 9.86. The minimum absolute atomic E-state index is 0.617. The summed E-state index contributed by atoms with van der Waals surface area (Å²) in [6.45, 7) is 3.13. The minimum Gasteiger partial charge on any atom is -0.444 e. The highest BCUT2D eigenvalue weighted by Crippen LogP contribution is 2.24. The summed E-state index contributed by atoms with van der Waals surface area (Å²) in [5.41, 5.74) is 1.99. The summed E-state index contributed by atoms with van der Waals surface area (Å²) in [5, 5.41) is 3.63. The Morgan fingerprint density at radius 3 is 2.76 bits per heavy atom. The van der Waals surface area contributed by atoms with E-state index in [-0.39, 0.29) is 0 Å². The van der Waals surface area contributed by atoms with Gasteiger partial charge in [0.25, 0.3) is 0 Å². The Kier molecular flexibility index (Phi) is 4.76. The molecule has 0 spiro atoms. The van der Waals surface area contributed by atoms with E-state index >= 15 is 0 Å². The zero-order valence-corrected chi connectivity index (χ0v) is 13.9. The number of benzene rings is 1. The van der Waals surface area contributed by atoms with Gasteiger partial charge in [0.15, 0.2) is 0 Å². The molecule has 0 saturated heterocycles. The fourth-order valence-corrected chi connectivity index (χ4v) is 3.23. The quantitative estimate of drug-likeness (QED) is 0.864. The molecular weight excluding hydrogens is 328 g/mol. The number of nitrogens with one attached hydrogen (secondary N) is 1. The highest BCUT2D eigenvalue weighted by Gasteiger charge is 2.20. The van der Waals surface area contributed by atoms with Gasteiger partial charge < -0.3 is 9.73 Å². The molecule has 2 aromatic rings. The van der Waals surface area contributed by atoms with Crippen molar-refractivity contribution in [3.63, 3.8) is 0 Å². The molecular formula is C17H21BrN2O. The molecule has 3 nitrogen and oxygen atoms in total. The molecule has 1 fully saturated rings. The number of nitrogens with zero attached hydrogens (tertiary/aromatic N) is 1. The molecule has 1 N–H and O–H groups in total. The zero-order chi connectivity index (χ0) is 14.7. The van der Waals surface area contributed by atoms with E-state index in [9.17, 15) is 0 Å². The Morgan fingerprint density at radius 2 is 2.00 bits per heavy atom. The van der Waals surface area contributed by atoms with Crippen molar-refractivity contribution in [3.05, 3.63) is 40.7 Å². The Bertz CT molecular complexity index is 579. The standard InChI is InChI=1S/C17H21BrN2O/c1-12-4-2-3-5-16(12)19-10-15-11-21-17(20-15)13-6-8-14(18)9-7-13/h6-9,11-12,16,19H,2-5,10H2,1H3. The number of rotatable bonds is 4. The Balaban J connectivity index is 1.61. The first-order chi connectivity index (χ1) is 10.2. The number of halogens is 1. The number of oxazole rings is 1. The van der Waals surface area contributed by atoms with Crippen LogP contribution in [0.4, 0.5) is 0 Å². The molecule has 0 bridgehead atoms. The van der Waals surface area contributed by atoms with Crippen LogP contribution in [-0.4, -0.2) is 11.0 Å². The van der Waals surface area contributed by atoms with Crippen LogP contribution in [-0.2, 0) is 6.54 Å². The van der Waals surface area contributed by atoms with E-state index in [4.69, 9.17) is 4.42 Å². The third kappa shape index (κ3) is 3.74. The summed E-state index contributed by atoms with van der Waals surface area (Å²) in [6, 6.07) is 8.64. The van der Waals surface area contributed by atoms with Crippen LogP contribution in [0.2, 0.25) is 0 Å². The van der Waals surface area contributed by atoms with Gasteiger partial charge >= 0.3 is 0 Å². The Morgan fingerprint density at radius 1 is 1.24 bits per heavy atom. The van der Waals surface area contributed by atoms with Crippen LogP contribution in [0.15, 0.2) is 39.4 Å². The van der Waals surface area contributed by atoms with Crippen molar-refractivity contribution in [1.82, 2.24) is 10.3 Å². The van der Waals surface area contributed by atoms with Crippen molar-refractivity contribution in [2.75, 3.05) is 0 Å². The van der Waals surface area contributed by atoms with E-state index in [1.54, 1.807) is 6.26 Å². The first-order valence-electron chi connectivity index (χ1n) is 7.66. The molecule has 1 saturated carbocycles. The molecule has 2 atom stereocenters. The van der Waals surface area contributed by atoms with Gasteiger partial charge in [0.1, 0.15) is 6.26 Å². The summed E-state index contributed by atoms with van der Waals surface area (Å²) in [4.78, 5) is 4.58. The maximum absolute atomic E-state index is 5.59. The SMILES string of the molecule is CC1CCCCC1NCc1coc(-c2ccc(Br)cc2)n1. The van der Waals surface area contributed by atoms with Crippen molar-refractivity contribution in [2.45, 2.75) is 45.2 Å². The first-order valence-corrected chi connectivity index (χ1v) is 8.45. The number of aromatic nitrogens is 1. The fraction of sp³-hybridized carbons (Fsp3) is 0.471. The van der Waals surface area contributed by atoms with Gasteiger partial charge in [-0.3, -0.25) is 0 Å². The number of hydrogen-bond acceptors (Lipinski definition) is 3. The lowest BCUT2D eigenvalue weighted by Gasteiger charge is -2.29. The second-order valence-electron chi connectivity index (χ2n) is 5.90. The van der Waals surface area contributed by atoms with Gasteiger partial charge in [-0.25, -0.2) is 4.98 Å². The molecule has 0 amide bonds. The largest absolute Gasteiger partial charge is 0.444 e. The van der Waals surface area contributed by atoms with Gasteiger partial charge in [0.2, 0.25) is 5.89 Å². The summed E-state index contributed by atoms with van der Waals surface area (Å²) in [7, 11) is 0. The molecule has 2 unspecified atom stereocenters. The molecule has 1 aliphatic carbocycles. The van der Waals surface area contributed by atoms with E-state index in [0.717, 1.165) is 28.2 Å². The first kappa shape index (κ1) is 14.8. The van der Waals surface area contributed by atoms with Gasteiger partial charge in [0, 0.05) is 22.6 Å². The average Bonchev–Trinajstić information content (AvgIpc) is 2.96. The average molecular weight is 349 g/mol. The molecule has 112 valence electrons.